The molecule has 0 nitrogen and oxygen atoms in total. The molecule has 0 atom stereocenters. The Labute approximate surface area is 87.8 Å². The van der Waals surface area contributed by atoms with Crippen LogP contribution in [0.5, 0.6) is 0 Å². The van der Waals surface area contributed by atoms with Crippen molar-refractivity contribution in [2.45, 2.75) is 0 Å². The first-order valence-corrected chi connectivity index (χ1v) is 0. The Morgan fingerprint density at radius 1 is 1.00 bits per heavy atom. The molecule has 4 heavy (non-hydrogen) atoms. The second-order valence-corrected chi connectivity index (χ2v) is 0. The van der Waals surface area contributed by atoms with Gasteiger partial charge in [0, 0.05) is 34.4 Å². The van der Waals surface area contributed by atoms with Crippen LogP contribution in [0.2, 0.25) is 0 Å². The largest absolute Gasteiger partial charge is 0 e. The van der Waals surface area contributed by atoms with Gasteiger partial charge in [-0.25, -0.2) is 0 Å². The number of hydrogen-bond donors (Lipinski definition) is 0. The minimum Gasteiger partial charge on any atom is 0 e. The first-order valence-electron chi connectivity index (χ1n) is 0. The second-order valence-electron chi connectivity index (χ2n) is 0. The fourth-order valence-electron chi connectivity index (χ4n) is 0. The van der Waals surface area contributed by atoms with E-state index in [0.717, 1.165) is 0 Å². The fraction of sp³-hybridized carbons (Fsp3) is 0. The molecule has 0 saturated heterocycles. The summed E-state index contributed by atoms with van der Waals surface area (Å²) in [6.45, 7) is 0. The quantitative estimate of drug-likeness (QED) is 0.374. The Kier molecular flexibility index (Phi) is 122. The summed E-state index contributed by atoms with van der Waals surface area (Å²) >= 11 is 0. The van der Waals surface area contributed by atoms with Gasteiger partial charge in [-0.05, 0) is 0 Å². The molecule has 0 aliphatic carbocycles. The average Bonchev–Trinajstić information content (AvgIpc) is 0. The van der Waals surface area contributed by atoms with Crippen LogP contribution in [0.15, 0.2) is 0 Å². The van der Waals surface area contributed by atoms with Gasteiger partial charge in [0.1, 0.15) is 0 Å². The first-order chi connectivity index (χ1) is 0. The van der Waals surface area contributed by atoms with Crippen molar-refractivity contribution in [3.05, 3.63) is 0 Å². The molecule has 0 saturated carbocycles. The van der Waals surface area contributed by atoms with E-state index in [1.165, 1.54) is 0 Å². The average molecular weight is 180 g/mol. The van der Waals surface area contributed by atoms with Gasteiger partial charge in [0.2, 0.25) is 0 Å². The van der Waals surface area contributed by atoms with Crippen LogP contribution in [0.25, 0.3) is 0 Å². The minimum absolute atomic E-state index is 0. The van der Waals surface area contributed by atoms with E-state index in [1.54, 1.807) is 0 Å². The van der Waals surface area contributed by atoms with Crippen molar-refractivity contribution in [1.82, 2.24) is 0 Å². The molecule has 0 aromatic heterocycles. The van der Waals surface area contributed by atoms with Gasteiger partial charge in [0.25, 0.3) is 0 Å². The minimum atomic E-state index is 0. The topological polar surface area (TPSA) is 0 Å². The first kappa shape index (κ1) is 28.9. The Balaban J connectivity index is 0. The summed E-state index contributed by atoms with van der Waals surface area (Å²) in [6, 6.07) is 0. The zero-order valence-corrected chi connectivity index (χ0v) is 3.14. The maximum absolute atomic E-state index is 0. The normalized spacial score (nSPS) is 0. The Morgan fingerprint density at radius 3 is 1.00 bits per heavy atom. The van der Waals surface area contributed by atoms with E-state index in [1.807, 2.05) is 0 Å². The van der Waals surface area contributed by atoms with Gasteiger partial charge >= 0.3 is 37.7 Å². The van der Waals surface area contributed by atoms with Gasteiger partial charge in [0.05, 0.1) is 0 Å². The van der Waals surface area contributed by atoms with Gasteiger partial charge in [-0.1, -0.05) is 0 Å². The molecule has 0 unspecified atom stereocenters. The molecule has 0 radical (unpaired) electrons. The molecule has 0 aliphatic heterocycles. The molecule has 24 valence electrons. The van der Waals surface area contributed by atoms with Crippen molar-refractivity contribution in [1.29, 1.82) is 0 Å². The van der Waals surface area contributed by atoms with Crippen LogP contribution < -0.4 is 0 Å². The third kappa shape index (κ3) is 8.85. The summed E-state index contributed by atoms with van der Waals surface area (Å²) in [4.78, 5) is 0. The van der Waals surface area contributed by atoms with E-state index < -0.39 is 0 Å². The van der Waals surface area contributed by atoms with Gasteiger partial charge in [0.15, 0.2) is 17.4 Å². The summed E-state index contributed by atoms with van der Waals surface area (Å²) in [6.07, 6.45) is 0. The zero-order valence-electron chi connectivity index (χ0n) is 0.762. The van der Waals surface area contributed by atoms with Crippen molar-refractivity contribution in [2.24, 2.45) is 0 Å². The molecule has 0 aromatic carbocycles. The third-order valence-corrected chi connectivity index (χ3v) is 0. The molecule has 4 heteroatoms. The molecule has 0 N–H and O–H groups in total. The SMILES string of the molecule is [AlH3].[CaH2].[Cr].[Fe]. The van der Waals surface area contributed by atoms with Crippen molar-refractivity contribution in [2.75, 3.05) is 0 Å². The van der Waals surface area contributed by atoms with Crippen molar-refractivity contribution in [3.63, 3.8) is 0 Å². The number of hydrogen-bond acceptors (Lipinski definition) is 0. The van der Waals surface area contributed by atoms with Crippen LogP contribution in [0.4, 0.5) is 0 Å². The Bertz CT molecular complexity index is 8.00. The summed E-state index contributed by atoms with van der Waals surface area (Å²) in [5.41, 5.74) is 0. The van der Waals surface area contributed by atoms with E-state index in [-0.39, 0.29) is 89.5 Å². The van der Waals surface area contributed by atoms with Gasteiger partial charge in [-0.3, -0.25) is 0 Å². The monoisotopic (exact) mass is 180 g/mol. The third-order valence-electron chi connectivity index (χ3n) is 0. The summed E-state index contributed by atoms with van der Waals surface area (Å²) in [5, 5.41) is 0. The molecule has 0 fully saturated rings. The smallest absolute Gasteiger partial charge is 0 e. The van der Waals surface area contributed by atoms with Crippen LogP contribution in [-0.4, -0.2) is 55.1 Å². The Hall–Kier alpha value is 2.84. The maximum atomic E-state index is 0. The van der Waals surface area contributed by atoms with Crippen LogP contribution in [0.3, 0.4) is 0 Å². The molecule has 0 rings (SSSR count). The van der Waals surface area contributed by atoms with Crippen LogP contribution in [0.1, 0.15) is 0 Å². The van der Waals surface area contributed by atoms with E-state index in [9.17, 15) is 0 Å². The van der Waals surface area contributed by atoms with Crippen LogP contribution in [-0.2, 0) is 34.4 Å². The molecular weight excluding hydrogens is 175 g/mol. The van der Waals surface area contributed by atoms with E-state index in [2.05, 4.69) is 0 Å². The van der Waals surface area contributed by atoms with Crippen molar-refractivity contribution < 1.29 is 34.4 Å². The fourth-order valence-corrected chi connectivity index (χ4v) is 0. The molecule has 0 aliphatic rings. The molecule has 0 heterocycles. The van der Waals surface area contributed by atoms with E-state index in [4.69, 9.17) is 0 Å². The zero-order chi connectivity index (χ0) is 0. The molecule has 0 spiro atoms. The van der Waals surface area contributed by atoms with Crippen molar-refractivity contribution >= 4 is 55.1 Å². The van der Waals surface area contributed by atoms with Gasteiger partial charge in [-0.15, -0.1) is 0 Å². The molecule has 0 bridgehead atoms. The standard InChI is InChI=1S/Al.Ca.Cr.Fe.5H. The maximum Gasteiger partial charge on any atom is 0 e. The summed E-state index contributed by atoms with van der Waals surface area (Å²) in [7, 11) is 0. The van der Waals surface area contributed by atoms with E-state index in [0.29, 0.717) is 0 Å². The predicted octanol–water partition coefficient (Wildman–Crippen LogP) is -2.11. The van der Waals surface area contributed by atoms with Gasteiger partial charge < -0.3 is 0 Å². The Morgan fingerprint density at radius 2 is 1.00 bits per heavy atom. The number of rotatable bonds is 0. The van der Waals surface area contributed by atoms with Gasteiger partial charge in [-0.2, -0.15) is 0 Å². The van der Waals surface area contributed by atoms with Crippen LogP contribution >= 0.6 is 0 Å². The summed E-state index contributed by atoms with van der Waals surface area (Å²) < 4.78 is 0. The second kappa shape index (κ2) is 17.0. The predicted molar refractivity (Wildman–Crippen MR) is 18.5 cm³/mol. The molecule has 0 amide bonds. The van der Waals surface area contributed by atoms with Crippen LogP contribution in [0, 0.1) is 0 Å². The molecule has 0 aromatic rings. The van der Waals surface area contributed by atoms with E-state index >= 15 is 0 Å². The molecular formula is H5AlCaCrFe. The summed E-state index contributed by atoms with van der Waals surface area (Å²) in [5.74, 6) is 0. The van der Waals surface area contributed by atoms with Crippen molar-refractivity contribution in [3.8, 4) is 0 Å².